The molecule has 19 unspecified atom stereocenters. The number of carbonyl (C=O) groups is 3. The average Bonchev–Trinajstić information content (AvgIpc) is 0.761. The summed E-state index contributed by atoms with van der Waals surface area (Å²) in [4.78, 5) is 51.1. The van der Waals surface area contributed by atoms with Crippen LogP contribution in [0.2, 0.25) is 0 Å². The van der Waals surface area contributed by atoms with Gasteiger partial charge in [0.05, 0.1) is 13.2 Å². The zero-order valence-corrected chi connectivity index (χ0v) is 64.4. The maximum atomic E-state index is 14.4. The molecule has 2 heterocycles. The molecule has 0 aromatic rings. The number of hydrogen-bond acceptors (Lipinski definition) is 23. The number of aliphatic hydroxyl groups is 10. The first-order valence-electron chi connectivity index (χ1n) is 40.6. The predicted octanol–water partition coefficient (Wildman–Crippen LogP) is 12.3. The molecule has 0 aromatic carbocycles. The van der Waals surface area contributed by atoms with Gasteiger partial charge in [-0.05, 0) is 31.6 Å². The van der Waals surface area contributed by atoms with Crippen molar-refractivity contribution in [2.45, 2.75) is 421 Å². The van der Waals surface area contributed by atoms with Gasteiger partial charge < -0.3 is 89.1 Å². The quantitative estimate of drug-likeness (QED) is 0.00673. The molecule has 24 nitrogen and oxygen atoms in total. The Morgan fingerprint density at radius 1 is 0.427 bits per heavy atom. The number of unbranched alkanes of at least 4 members (excludes halogenated alkanes) is 37. The van der Waals surface area contributed by atoms with Crippen molar-refractivity contribution >= 4 is 25.7 Å². The van der Waals surface area contributed by atoms with Crippen molar-refractivity contribution in [1.29, 1.82) is 0 Å². The lowest BCUT2D eigenvalue weighted by Crippen LogP contribution is -2.69. The summed E-state index contributed by atoms with van der Waals surface area (Å²) in [5, 5.41) is 110. The van der Waals surface area contributed by atoms with E-state index in [0.717, 1.165) is 96.0 Å². The van der Waals surface area contributed by atoms with E-state index in [2.05, 4.69) is 27.7 Å². The van der Waals surface area contributed by atoms with E-state index in [0.29, 0.717) is 18.8 Å². The van der Waals surface area contributed by atoms with Crippen LogP contribution in [-0.4, -0.2) is 204 Å². The summed E-state index contributed by atoms with van der Waals surface area (Å²) in [6, 6.07) is 0. The van der Waals surface area contributed by atoms with Crippen molar-refractivity contribution in [2.75, 3.05) is 26.4 Å². The Bertz CT molecular complexity index is 2230. The summed E-state index contributed by atoms with van der Waals surface area (Å²) in [6.07, 6.45) is 20.1. The fraction of sp³-hybridized carbons (Fsp3) is 0.910. The topological polar surface area (TPSA) is 374 Å². The number of aliphatic hydroxyl groups excluding tert-OH is 10. The molecule has 0 amide bonds. The zero-order valence-electron chi connectivity index (χ0n) is 63.5. The number of esters is 3. The molecular weight excluding hydrogens is 1350 g/mol. The number of carbonyl (C=O) groups excluding carboxylic acids is 3. The van der Waals surface area contributed by atoms with Crippen LogP contribution in [0.25, 0.3) is 0 Å². The van der Waals surface area contributed by atoms with Gasteiger partial charge in [0.2, 0.25) is 0 Å². The molecule has 1 aliphatic carbocycles. The summed E-state index contributed by atoms with van der Waals surface area (Å²) in [6.45, 7) is 5.70. The number of phosphoric acid groups is 1. The average molecular weight is 1500 g/mol. The van der Waals surface area contributed by atoms with E-state index in [-0.39, 0.29) is 12.8 Å². The molecule has 0 radical (unpaired) electrons. The molecule has 1 saturated carbocycles. The second-order valence-corrected chi connectivity index (χ2v) is 30.9. The minimum Gasteiger partial charge on any atom is -0.463 e. The molecule has 3 aliphatic rings. The second-order valence-electron chi connectivity index (χ2n) is 29.5. The molecule has 103 heavy (non-hydrogen) atoms. The van der Waals surface area contributed by atoms with Crippen LogP contribution in [0.4, 0.5) is 0 Å². The monoisotopic (exact) mass is 1490 g/mol. The van der Waals surface area contributed by atoms with E-state index in [1.807, 2.05) is 6.08 Å². The van der Waals surface area contributed by atoms with Crippen LogP contribution in [0, 0.1) is 5.92 Å². The van der Waals surface area contributed by atoms with E-state index < -0.39 is 156 Å². The first-order chi connectivity index (χ1) is 49.7. The van der Waals surface area contributed by atoms with Crippen molar-refractivity contribution in [3.05, 3.63) is 24.3 Å². The van der Waals surface area contributed by atoms with Gasteiger partial charge in [-0.3, -0.25) is 18.6 Å². The maximum absolute atomic E-state index is 14.4. The van der Waals surface area contributed by atoms with Crippen LogP contribution in [0.5, 0.6) is 0 Å². The summed E-state index contributed by atoms with van der Waals surface area (Å²) < 4.78 is 65.0. The first kappa shape index (κ1) is 94.6. The van der Waals surface area contributed by atoms with E-state index in [1.165, 1.54) is 179 Å². The van der Waals surface area contributed by atoms with E-state index >= 15 is 0 Å². The second kappa shape index (κ2) is 58.4. The van der Waals surface area contributed by atoms with Gasteiger partial charge in [-0.1, -0.05) is 296 Å². The van der Waals surface area contributed by atoms with E-state index in [1.54, 1.807) is 6.08 Å². The molecule has 0 bridgehead atoms. The molecule has 0 spiro atoms. The lowest BCUT2D eigenvalue weighted by atomic mass is 9.84. The van der Waals surface area contributed by atoms with Gasteiger partial charge in [0.1, 0.15) is 98.7 Å². The third-order valence-corrected chi connectivity index (χ3v) is 21.2. The summed E-state index contributed by atoms with van der Waals surface area (Å²) >= 11 is 0. The molecule has 2 saturated heterocycles. The molecular formula is C78H143O24P. The molecule has 604 valence electrons. The minimum atomic E-state index is -5.73. The van der Waals surface area contributed by atoms with Crippen molar-refractivity contribution in [3.63, 3.8) is 0 Å². The molecule has 25 heteroatoms. The normalized spacial score (nSPS) is 27.3. The highest BCUT2D eigenvalue weighted by atomic mass is 31.2. The first-order valence-corrected chi connectivity index (χ1v) is 42.0. The molecule has 3 rings (SSSR count). The van der Waals surface area contributed by atoms with Crippen LogP contribution < -0.4 is 0 Å². The van der Waals surface area contributed by atoms with E-state index in [9.17, 15) is 74.9 Å². The highest BCUT2D eigenvalue weighted by Gasteiger charge is 2.58. The van der Waals surface area contributed by atoms with Crippen molar-refractivity contribution in [3.8, 4) is 0 Å². The zero-order chi connectivity index (χ0) is 75.5. The maximum Gasteiger partial charge on any atom is 0.472 e. The largest absolute Gasteiger partial charge is 0.472 e. The molecule has 11 N–H and O–H groups in total. The molecule has 19 atom stereocenters. The minimum absolute atomic E-state index is 0.0258. The Morgan fingerprint density at radius 3 is 1.22 bits per heavy atom. The van der Waals surface area contributed by atoms with Crippen LogP contribution in [0.3, 0.4) is 0 Å². The Labute approximate surface area is 617 Å². The Morgan fingerprint density at radius 2 is 0.796 bits per heavy atom. The number of ether oxygens (including phenoxy) is 7. The Hall–Kier alpha value is -2.56. The lowest BCUT2D eigenvalue weighted by Gasteiger charge is -2.49. The van der Waals surface area contributed by atoms with Crippen molar-refractivity contribution < 1.29 is 117 Å². The van der Waals surface area contributed by atoms with Gasteiger partial charge in [-0.15, -0.1) is 0 Å². The highest BCUT2D eigenvalue weighted by molar-refractivity contribution is 7.47. The standard InChI is InChI=1S/C78H143O24P/c1-5-8-11-14-17-19-21-23-25-26-28-29-31-33-35-41-46-51-62(80)94-55-59(97-64(82)53-48-43-36-34-32-30-27-24-22-20-18-15-12-9-6-2)56-96-103(92,93)102-76-74(100-77-72(90)67(85)65(83)60(54-79)98-77)70(88)69(87)71(89)75(76)101-78-73(91)68(86)66(84)61(99-78)57-95-63(81)52-47-42-38-37-40-45-50-58(4)49-44-39-16-13-10-7-3/h36,43,48,53,58-61,65-79,83-91H,5-35,37-42,44-47,49-52,54-57H2,1-4H3,(H,92,93)/b43-36+,53-48+. The predicted molar refractivity (Wildman–Crippen MR) is 393 cm³/mol. The van der Waals surface area contributed by atoms with Gasteiger partial charge in [0.25, 0.3) is 0 Å². The van der Waals surface area contributed by atoms with Gasteiger partial charge in [0, 0.05) is 18.9 Å². The Balaban J connectivity index is 1.72. The highest BCUT2D eigenvalue weighted by Crippen LogP contribution is 2.49. The number of rotatable bonds is 63. The van der Waals surface area contributed by atoms with Crippen LogP contribution >= 0.6 is 7.82 Å². The summed E-state index contributed by atoms with van der Waals surface area (Å²) in [5.74, 6) is -1.54. The van der Waals surface area contributed by atoms with Crippen molar-refractivity contribution in [1.82, 2.24) is 0 Å². The third kappa shape index (κ3) is 41.2. The van der Waals surface area contributed by atoms with Crippen LogP contribution in [-0.2, 0) is 61.2 Å². The molecule has 0 aromatic heterocycles. The van der Waals surface area contributed by atoms with Crippen LogP contribution in [0.1, 0.15) is 317 Å². The van der Waals surface area contributed by atoms with Gasteiger partial charge in [0.15, 0.2) is 18.7 Å². The fourth-order valence-electron chi connectivity index (χ4n) is 13.6. The van der Waals surface area contributed by atoms with Crippen molar-refractivity contribution in [2.24, 2.45) is 5.92 Å². The van der Waals surface area contributed by atoms with Gasteiger partial charge in [-0.25, -0.2) is 9.36 Å². The molecule has 3 fully saturated rings. The van der Waals surface area contributed by atoms with Gasteiger partial charge in [-0.2, -0.15) is 0 Å². The number of phosphoric ester groups is 1. The van der Waals surface area contributed by atoms with E-state index in [4.69, 9.17) is 42.2 Å². The number of hydrogen-bond donors (Lipinski definition) is 11. The van der Waals surface area contributed by atoms with Gasteiger partial charge >= 0.3 is 25.7 Å². The van der Waals surface area contributed by atoms with Crippen LogP contribution in [0.15, 0.2) is 24.3 Å². The number of allylic oxidation sites excluding steroid dienone is 3. The SMILES string of the molecule is CCCCCCCCCCCCC/C=C/C=C/C(=O)OC(COC(=O)CCCCCCCCCCCCCCCCCCC)COP(=O)(O)OC1C(OC2OC(CO)C(O)C(O)C2O)C(O)C(O)C(O)C1OC1OC(COC(=O)CCCCCCCCC(C)CCCCCCCC)C(O)C(O)C1O. The summed E-state index contributed by atoms with van der Waals surface area (Å²) in [7, 11) is -5.73. The Kier molecular flexibility index (Phi) is 53.7. The lowest BCUT2D eigenvalue weighted by molar-refractivity contribution is -0.360. The molecule has 2 aliphatic heterocycles. The third-order valence-electron chi connectivity index (χ3n) is 20.2. The fourth-order valence-corrected chi connectivity index (χ4v) is 14.5. The summed E-state index contributed by atoms with van der Waals surface area (Å²) in [5.41, 5.74) is 0. The smallest absolute Gasteiger partial charge is 0.463 e.